The smallest absolute Gasteiger partial charge is 0.356 e. The van der Waals surface area contributed by atoms with E-state index in [1.165, 1.54) is 0 Å². The van der Waals surface area contributed by atoms with Crippen LogP contribution in [0.25, 0.3) is 0 Å². The predicted octanol–water partition coefficient (Wildman–Crippen LogP) is 4.09. The highest BCUT2D eigenvalue weighted by Gasteiger charge is 2.54. The van der Waals surface area contributed by atoms with E-state index >= 15 is 0 Å². The Bertz CT molecular complexity index is 772. The SMILES string of the molecule is CC(C)(c1c(F)c(F)c(C(F)(F)F)c(F)c1C(F)(F)F)C1COC2NC2O1. The molecule has 3 atom stereocenters. The van der Waals surface area contributed by atoms with Crippen molar-refractivity contribution in [2.24, 2.45) is 0 Å². The highest BCUT2D eigenvalue weighted by Crippen LogP contribution is 2.48. The maximum atomic E-state index is 14.5. The maximum absolute atomic E-state index is 14.5. The standard InChI is InChI=1S/C15H12F9NO2/c1-13(2,4-3-26-11-12(25-11)27-4)5-6(14(19,20)21)8(16)7(15(22,23)24)10(18)9(5)17/h4,11-12,25H,3H2,1-2H3. The Morgan fingerprint density at radius 2 is 1.30 bits per heavy atom. The van der Waals surface area contributed by atoms with Crippen molar-refractivity contribution in [3.05, 3.63) is 34.1 Å². The van der Waals surface area contributed by atoms with Gasteiger partial charge in [0.25, 0.3) is 0 Å². The lowest BCUT2D eigenvalue weighted by Crippen LogP contribution is -2.45. The molecule has 12 heteroatoms. The summed E-state index contributed by atoms with van der Waals surface area (Å²) in [5.41, 5.74) is -9.12. The minimum absolute atomic E-state index is 0.359. The lowest BCUT2D eigenvalue weighted by atomic mass is 9.75. The third-order valence-corrected chi connectivity index (χ3v) is 4.57. The fourth-order valence-corrected chi connectivity index (χ4v) is 3.08. The number of nitrogens with one attached hydrogen (secondary N) is 1. The summed E-state index contributed by atoms with van der Waals surface area (Å²) in [5.74, 6) is -8.10. The summed E-state index contributed by atoms with van der Waals surface area (Å²) >= 11 is 0. The molecule has 2 saturated heterocycles. The molecule has 1 aromatic rings. The van der Waals surface area contributed by atoms with Gasteiger partial charge in [-0.3, -0.25) is 5.32 Å². The average Bonchev–Trinajstić information content (AvgIpc) is 3.26. The Hall–Kier alpha value is -1.53. The Labute approximate surface area is 146 Å². The second-order valence-corrected chi connectivity index (χ2v) is 6.75. The molecule has 3 rings (SSSR count). The molecule has 2 aliphatic heterocycles. The van der Waals surface area contributed by atoms with Crippen LogP contribution in [0, 0.1) is 17.5 Å². The second kappa shape index (κ2) is 5.98. The van der Waals surface area contributed by atoms with Gasteiger partial charge in [-0.2, -0.15) is 26.3 Å². The molecule has 1 N–H and O–H groups in total. The van der Waals surface area contributed by atoms with E-state index in [2.05, 4.69) is 5.32 Å². The Morgan fingerprint density at radius 1 is 0.778 bits per heavy atom. The molecule has 27 heavy (non-hydrogen) atoms. The van der Waals surface area contributed by atoms with Gasteiger partial charge in [-0.25, -0.2) is 13.2 Å². The number of hydrogen-bond acceptors (Lipinski definition) is 3. The van der Waals surface area contributed by atoms with Crippen LogP contribution in [0.1, 0.15) is 30.5 Å². The fourth-order valence-electron chi connectivity index (χ4n) is 3.08. The molecule has 0 saturated carbocycles. The van der Waals surface area contributed by atoms with Crippen molar-refractivity contribution in [2.45, 2.75) is 50.2 Å². The van der Waals surface area contributed by atoms with Gasteiger partial charge in [0.2, 0.25) is 0 Å². The lowest BCUT2D eigenvalue weighted by Gasteiger charge is -2.38. The van der Waals surface area contributed by atoms with E-state index in [1.807, 2.05) is 0 Å². The van der Waals surface area contributed by atoms with Gasteiger partial charge < -0.3 is 9.47 Å². The summed E-state index contributed by atoms with van der Waals surface area (Å²) < 4.78 is 132. The first-order valence-electron chi connectivity index (χ1n) is 7.55. The molecule has 2 aliphatic rings. The number of alkyl halides is 6. The van der Waals surface area contributed by atoms with E-state index in [0.29, 0.717) is 0 Å². The number of fused-ring (bicyclic) bond motifs is 1. The molecule has 0 aliphatic carbocycles. The van der Waals surface area contributed by atoms with Crippen LogP contribution in [0.5, 0.6) is 0 Å². The number of ether oxygens (including phenoxy) is 2. The van der Waals surface area contributed by atoms with Crippen LogP contribution in [0.15, 0.2) is 0 Å². The molecular weight excluding hydrogens is 397 g/mol. The largest absolute Gasteiger partial charge is 0.422 e. The maximum Gasteiger partial charge on any atom is 0.422 e. The van der Waals surface area contributed by atoms with Gasteiger partial charge in [0, 0.05) is 11.0 Å². The summed E-state index contributed by atoms with van der Waals surface area (Å²) in [6.07, 6.45) is -14.1. The molecule has 2 heterocycles. The van der Waals surface area contributed by atoms with Gasteiger partial charge in [-0.1, -0.05) is 13.8 Å². The highest BCUT2D eigenvalue weighted by atomic mass is 19.4. The number of rotatable bonds is 2. The molecule has 3 unspecified atom stereocenters. The Kier molecular flexibility index (Phi) is 4.48. The molecular formula is C15H12F9NO2. The average molecular weight is 409 g/mol. The third kappa shape index (κ3) is 3.27. The minimum atomic E-state index is -5.87. The molecule has 152 valence electrons. The van der Waals surface area contributed by atoms with E-state index in [1.54, 1.807) is 0 Å². The van der Waals surface area contributed by atoms with E-state index in [-0.39, 0.29) is 6.61 Å². The molecule has 0 spiro atoms. The predicted molar refractivity (Wildman–Crippen MR) is 70.9 cm³/mol. The van der Waals surface area contributed by atoms with Gasteiger partial charge in [-0.05, 0) is 0 Å². The van der Waals surface area contributed by atoms with Gasteiger partial charge >= 0.3 is 12.4 Å². The summed E-state index contributed by atoms with van der Waals surface area (Å²) in [6.45, 7) is 1.59. The van der Waals surface area contributed by atoms with Crippen molar-refractivity contribution in [2.75, 3.05) is 6.61 Å². The van der Waals surface area contributed by atoms with Crippen molar-refractivity contribution < 1.29 is 49.0 Å². The lowest BCUT2D eigenvalue weighted by molar-refractivity contribution is -0.152. The molecule has 0 radical (unpaired) electrons. The molecule has 2 fully saturated rings. The van der Waals surface area contributed by atoms with Crippen molar-refractivity contribution >= 4 is 0 Å². The van der Waals surface area contributed by atoms with Gasteiger partial charge in [0.05, 0.1) is 18.3 Å². The van der Waals surface area contributed by atoms with Crippen LogP contribution in [0.3, 0.4) is 0 Å². The monoisotopic (exact) mass is 409 g/mol. The highest BCUT2D eigenvalue weighted by molar-refractivity contribution is 5.44. The van der Waals surface area contributed by atoms with Gasteiger partial charge in [0.15, 0.2) is 23.7 Å². The van der Waals surface area contributed by atoms with Gasteiger partial charge in [0.1, 0.15) is 11.8 Å². The number of hydrogen-bond donors (Lipinski definition) is 1. The zero-order valence-electron chi connectivity index (χ0n) is 13.7. The first-order chi connectivity index (χ1) is 12.2. The molecule has 1 aromatic carbocycles. The van der Waals surface area contributed by atoms with Crippen molar-refractivity contribution in [3.8, 4) is 0 Å². The normalized spacial score (nSPS) is 26.1. The molecule has 3 nitrogen and oxygen atoms in total. The zero-order chi connectivity index (χ0) is 20.5. The summed E-state index contributed by atoms with van der Waals surface area (Å²) in [6, 6.07) is 0. The quantitative estimate of drug-likeness (QED) is 0.455. The summed E-state index contributed by atoms with van der Waals surface area (Å²) in [7, 11) is 0. The van der Waals surface area contributed by atoms with Crippen LogP contribution in [0.2, 0.25) is 0 Å². The van der Waals surface area contributed by atoms with Crippen molar-refractivity contribution in [3.63, 3.8) is 0 Å². The zero-order valence-corrected chi connectivity index (χ0v) is 13.7. The van der Waals surface area contributed by atoms with Crippen LogP contribution < -0.4 is 5.32 Å². The van der Waals surface area contributed by atoms with Crippen LogP contribution in [-0.2, 0) is 27.2 Å². The van der Waals surface area contributed by atoms with Crippen molar-refractivity contribution in [1.29, 1.82) is 0 Å². The summed E-state index contributed by atoms with van der Waals surface area (Å²) in [4.78, 5) is 0. The number of benzene rings is 1. The first kappa shape index (κ1) is 20.2. The second-order valence-electron chi connectivity index (χ2n) is 6.75. The molecule has 0 amide bonds. The van der Waals surface area contributed by atoms with E-state index in [9.17, 15) is 39.5 Å². The minimum Gasteiger partial charge on any atom is -0.356 e. The summed E-state index contributed by atoms with van der Waals surface area (Å²) in [5, 5.41) is 2.64. The fraction of sp³-hybridized carbons (Fsp3) is 0.600. The molecule has 0 bridgehead atoms. The van der Waals surface area contributed by atoms with E-state index < -0.39 is 70.5 Å². The van der Waals surface area contributed by atoms with Crippen LogP contribution in [-0.4, -0.2) is 25.2 Å². The topological polar surface area (TPSA) is 40.4 Å². The van der Waals surface area contributed by atoms with Gasteiger partial charge in [-0.15, -0.1) is 0 Å². The third-order valence-electron chi connectivity index (χ3n) is 4.57. The van der Waals surface area contributed by atoms with E-state index in [0.717, 1.165) is 13.8 Å². The Balaban J connectivity index is 2.25. The van der Waals surface area contributed by atoms with Crippen LogP contribution in [0.4, 0.5) is 39.5 Å². The Morgan fingerprint density at radius 3 is 1.78 bits per heavy atom. The first-order valence-corrected chi connectivity index (χ1v) is 7.55. The van der Waals surface area contributed by atoms with Crippen molar-refractivity contribution in [1.82, 2.24) is 5.32 Å². The molecule has 0 aromatic heterocycles. The van der Waals surface area contributed by atoms with E-state index in [4.69, 9.17) is 9.47 Å². The van der Waals surface area contributed by atoms with Crippen LogP contribution >= 0.6 is 0 Å². The number of halogens is 9.